The van der Waals surface area contributed by atoms with Crippen molar-refractivity contribution in [2.75, 3.05) is 0 Å². The Labute approximate surface area is 162 Å². The van der Waals surface area contributed by atoms with Gasteiger partial charge in [0.1, 0.15) is 17.2 Å². The van der Waals surface area contributed by atoms with Crippen LogP contribution in [0.25, 0.3) is 0 Å². The van der Waals surface area contributed by atoms with Gasteiger partial charge < -0.3 is 15.3 Å². The fourth-order valence-electron chi connectivity index (χ4n) is 2.25. The minimum atomic E-state index is 0.345. The number of phenols is 3. The van der Waals surface area contributed by atoms with Crippen molar-refractivity contribution < 1.29 is 15.3 Å². The summed E-state index contributed by atoms with van der Waals surface area (Å²) in [5, 5.41) is 27.1. The number of aryl methyl sites for hydroxylation is 6. The highest BCUT2D eigenvalue weighted by atomic mass is 16.3. The number of aromatic hydroxyl groups is 3. The van der Waals surface area contributed by atoms with Gasteiger partial charge in [0, 0.05) is 0 Å². The molecule has 0 aliphatic rings. The van der Waals surface area contributed by atoms with E-state index >= 15 is 0 Å². The molecule has 3 heteroatoms. The lowest BCUT2D eigenvalue weighted by atomic mass is 10.1. The van der Waals surface area contributed by atoms with Gasteiger partial charge in [0.2, 0.25) is 0 Å². The fourth-order valence-corrected chi connectivity index (χ4v) is 2.25. The highest BCUT2D eigenvalue weighted by molar-refractivity contribution is 5.35. The molecule has 0 spiro atoms. The van der Waals surface area contributed by atoms with Gasteiger partial charge in [0.25, 0.3) is 0 Å². The van der Waals surface area contributed by atoms with Crippen LogP contribution in [0.15, 0.2) is 54.6 Å². The third-order valence-corrected chi connectivity index (χ3v) is 4.21. The van der Waals surface area contributed by atoms with Gasteiger partial charge in [-0.2, -0.15) is 0 Å². The maximum atomic E-state index is 9.10. The number of benzene rings is 3. The van der Waals surface area contributed by atoms with E-state index in [2.05, 4.69) is 0 Å². The quantitative estimate of drug-likeness (QED) is 0.455. The van der Waals surface area contributed by atoms with Gasteiger partial charge in [-0.25, -0.2) is 0 Å². The van der Waals surface area contributed by atoms with Crippen LogP contribution in [0.2, 0.25) is 0 Å². The third kappa shape index (κ3) is 7.87. The molecule has 144 valence electrons. The van der Waals surface area contributed by atoms with E-state index in [0.29, 0.717) is 17.2 Å². The van der Waals surface area contributed by atoms with E-state index in [1.807, 2.05) is 71.9 Å². The molecule has 0 aliphatic heterocycles. The summed E-state index contributed by atoms with van der Waals surface area (Å²) in [5.41, 5.74) is 6.50. The molecule has 3 N–H and O–H groups in total. The first-order valence-electron chi connectivity index (χ1n) is 8.88. The molecular weight excluding hydrogens is 336 g/mol. The van der Waals surface area contributed by atoms with Gasteiger partial charge in [-0.3, -0.25) is 0 Å². The smallest absolute Gasteiger partial charge is 0.118 e. The minimum Gasteiger partial charge on any atom is -0.508 e. The predicted molar refractivity (Wildman–Crippen MR) is 113 cm³/mol. The molecule has 3 nitrogen and oxygen atoms in total. The molecule has 3 aromatic carbocycles. The summed E-state index contributed by atoms with van der Waals surface area (Å²) in [7, 11) is 0. The second kappa shape index (κ2) is 10.3. The first-order chi connectivity index (χ1) is 12.6. The van der Waals surface area contributed by atoms with Crippen LogP contribution in [0.4, 0.5) is 0 Å². The van der Waals surface area contributed by atoms with E-state index in [0.717, 1.165) is 22.3 Å². The zero-order chi connectivity index (χ0) is 20.6. The van der Waals surface area contributed by atoms with Crippen LogP contribution >= 0.6 is 0 Å². The van der Waals surface area contributed by atoms with Crippen molar-refractivity contribution in [3.05, 3.63) is 88.0 Å². The molecule has 0 atom stereocenters. The minimum absolute atomic E-state index is 0.345. The van der Waals surface area contributed by atoms with Gasteiger partial charge in [-0.15, -0.1) is 0 Å². The van der Waals surface area contributed by atoms with Crippen LogP contribution in [0.3, 0.4) is 0 Å². The average molecular weight is 367 g/mol. The Balaban J connectivity index is 0.000000202. The SMILES string of the molecule is Cc1ccc(C)c(O)c1.Cc1ccc(O)c(C)c1.Cc1ccc(O)cc1C. The number of hydrogen-bond acceptors (Lipinski definition) is 3. The first kappa shape index (κ1) is 22.1. The highest BCUT2D eigenvalue weighted by Crippen LogP contribution is 2.16. The first-order valence-corrected chi connectivity index (χ1v) is 8.88. The summed E-state index contributed by atoms with van der Waals surface area (Å²) in [4.78, 5) is 0. The molecule has 3 aromatic rings. The summed E-state index contributed by atoms with van der Waals surface area (Å²) < 4.78 is 0. The Morgan fingerprint density at radius 3 is 1.44 bits per heavy atom. The summed E-state index contributed by atoms with van der Waals surface area (Å²) >= 11 is 0. The molecule has 0 saturated heterocycles. The van der Waals surface area contributed by atoms with Crippen molar-refractivity contribution in [2.45, 2.75) is 41.5 Å². The molecule has 0 amide bonds. The van der Waals surface area contributed by atoms with Crippen LogP contribution in [-0.2, 0) is 0 Å². The van der Waals surface area contributed by atoms with Crippen molar-refractivity contribution >= 4 is 0 Å². The Kier molecular flexibility index (Phi) is 8.40. The van der Waals surface area contributed by atoms with Gasteiger partial charge in [-0.1, -0.05) is 35.9 Å². The number of phenolic OH excluding ortho intramolecular Hbond substituents is 3. The predicted octanol–water partition coefficient (Wildman–Crippen LogP) is 6.03. The van der Waals surface area contributed by atoms with E-state index in [1.165, 1.54) is 11.1 Å². The summed E-state index contributed by atoms with van der Waals surface area (Å²) in [6.45, 7) is 11.7. The lowest BCUT2D eigenvalue weighted by molar-refractivity contribution is 0.470. The summed E-state index contributed by atoms with van der Waals surface area (Å²) in [6.07, 6.45) is 0. The standard InChI is InChI=1S/3C8H10O/c1-6-3-4-8(9)5-7(6)2;1-6-3-4-8(9)7(2)5-6;1-6-3-4-7(2)8(9)5-6/h3*3-5,9H,1-2H3. The summed E-state index contributed by atoms with van der Waals surface area (Å²) in [5.74, 6) is 1.11. The lowest BCUT2D eigenvalue weighted by Gasteiger charge is -1.97. The third-order valence-electron chi connectivity index (χ3n) is 4.21. The normalized spacial score (nSPS) is 9.56. The Morgan fingerprint density at radius 1 is 0.444 bits per heavy atom. The Morgan fingerprint density at radius 2 is 1.00 bits per heavy atom. The fraction of sp³-hybridized carbons (Fsp3) is 0.250. The van der Waals surface area contributed by atoms with Gasteiger partial charge in [-0.05, 0) is 93.6 Å². The number of hydrogen-bond donors (Lipinski definition) is 3. The molecule has 0 aliphatic carbocycles. The molecule has 0 fully saturated rings. The molecule has 3 rings (SSSR count). The zero-order valence-corrected chi connectivity index (χ0v) is 17.0. The van der Waals surface area contributed by atoms with E-state index in [9.17, 15) is 0 Å². The lowest BCUT2D eigenvalue weighted by Crippen LogP contribution is -1.76. The largest absolute Gasteiger partial charge is 0.508 e. The van der Waals surface area contributed by atoms with Crippen molar-refractivity contribution in [1.82, 2.24) is 0 Å². The van der Waals surface area contributed by atoms with Crippen molar-refractivity contribution in [3.8, 4) is 17.2 Å². The van der Waals surface area contributed by atoms with Crippen LogP contribution in [0.1, 0.15) is 33.4 Å². The molecule has 0 aromatic heterocycles. The maximum Gasteiger partial charge on any atom is 0.118 e. The van der Waals surface area contributed by atoms with E-state index in [-0.39, 0.29) is 0 Å². The van der Waals surface area contributed by atoms with Gasteiger partial charge in [0.15, 0.2) is 0 Å². The molecule has 0 radical (unpaired) electrons. The van der Waals surface area contributed by atoms with Crippen LogP contribution in [0.5, 0.6) is 17.2 Å². The second-order valence-electron chi connectivity index (χ2n) is 6.85. The molecule has 0 saturated carbocycles. The Bertz CT molecular complexity index is 765. The van der Waals surface area contributed by atoms with Crippen LogP contribution in [0, 0.1) is 41.5 Å². The monoisotopic (exact) mass is 366 g/mol. The maximum absolute atomic E-state index is 9.10. The molecule has 27 heavy (non-hydrogen) atoms. The second-order valence-corrected chi connectivity index (χ2v) is 6.85. The zero-order valence-electron chi connectivity index (χ0n) is 17.0. The van der Waals surface area contributed by atoms with Gasteiger partial charge in [0.05, 0.1) is 0 Å². The van der Waals surface area contributed by atoms with Crippen molar-refractivity contribution in [2.24, 2.45) is 0 Å². The molecular formula is C24H30O3. The van der Waals surface area contributed by atoms with E-state index < -0.39 is 0 Å². The summed E-state index contributed by atoms with van der Waals surface area (Å²) in [6, 6.07) is 16.6. The topological polar surface area (TPSA) is 60.7 Å². The van der Waals surface area contributed by atoms with Crippen LogP contribution in [-0.4, -0.2) is 15.3 Å². The molecule has 0 heterocycles. The van der Waals surface area contributed by atoms with E-state index in [4.69, 9.17) is 15.3 Å². The Hall–Kier alpha value is -2.94. The highest BCUT2D eigenvalue weighted by Gasteiger charge is 1.93. The van der Waals surface area contributed by atoms with Crippen molar-refractivity contribution in [1.29, 1.82) is 0 Å². The molecule has 0 unspecified atom stereocenters. The number of rotatable bonds is 0. The van der Waals surface area contributed by atoms with Crippen LogP contribution < -0.4 is 0 Å². The van der Waals surface area contributed by atoms with Crippen molar-refractivity contribution in [3.63, 3.8) is 0 Å². The molecule has 0 bridgehead atoms. The van der Waals surface area contributed by atoms with E-state index in [1.54, 1.807) is 24.3 Å². The average Bonchev–Trinajstić information content (AvgIpc) is 2.60. The van der Waals surface area contributed by atoms with Gasteiger partial charge >= 0.3 is 0 Å².